The molecule has 0 unspecified atom stereocenters. The Morgan fingerprint density at radius 3 is 2.73 bits per heavy atom. The van der Waals surface area contributed by atoms with Crippen LogP contribution in [-0.4, -0.2) is 31.7 Å². The van der Waals surface area contributed by atoms with E-state index < -0.39 is 0 Å². The smallest absolute Gasteiger partial charge is 0.182 e. The molecule has 6 heteroatoms. The second kappa shape index (κ2) is 3.82. The molecule has 2 aromatic rings. The number of rotatable bonds is 3. The first-order valence-corrected chi connectivity index (χ1v) is 4.59. The zero-order valence-electron chi connectivity index (χ0n) is 9.01. The Morgan fingerprint density at radius 1 is 1.33 bits per heavy atom. The maximum atomic E-state index is 5.02. The largest absolute Gasteiger partial charge is 0.377 e. The topological polar surface area (TPSA) is 57.8 Å². The van der Waals surface area contributed by atoms with Gasteiger partial charge < -0.3 is 9.30 Å². The van der Waals surface area contributed by atoms with Gasteiger partial charge in [-0.2, -0.15) is 5.10 Å². The van der Waals surface area contributed by atoms with Gasteiger partial charge in [-0.05, 0) is 6.07 Å². The summed E-state index contributed by atoms with van der Waals surface area (Å²) in [6.07, 6.45) is 1.74. The molecule has 0 radical (unpaired) electrons. The van der Waals surface area contributed by atoms with E-state index in [2.05, 4.69) is 15.3 Å². The molecule has 80 valence electrons. The Hall–Kier alpha value is -1.69. The van der Waals surface area contributed by atoms with Crippen molar-refractivity contribution in [3.05, 3.63) is 18.1 Å². The molecule has 0 saturated heterocycles. The Morgan fingerprint density at radius 2 is 2.13 bits per heavy atom. The molecule has 0 aromatic carbocycles. The van der Waals surface area contributed by atoms with Gasteiger partial charge in [0.05, 0.1) is 0 Å². The van der Waals surface area contributed by atoms with Gasteiger partial charge >= 0.3 is 0 Å². The average molecular weight is 207 g/mol. The Labute approximate surface area is 87.5 Å². The van der Waals surface area contributed by atoms with Crippen molar-refractivity contribution in [1.82, 2.24) is 24.5 Å². The van der Waals surface area contributed by atoms with E-state index in [-0.39, 0.29) is 0 Å². The van der Waals surface area contributed by atoms with Gasteiger partial charge in [0.25, 0.3) is 0 Å². The highest BCUT2D eigenvalue weighted by molar-refractivity contribution is 5.49. The molecule has 0 N–H and O–H groups in total. The predicted molar refractivity (Wildman–Crippen MR) is 53.9 cm³/mol. The van der Waals surface area contributed by atoms with Crippen LogP contribution >= 0.6 is 0 Å². The van der Waals surface area contributed by atoms with Crippen LogP contribution in [0, 0.1) is 0 Å². The number of hydrogen-bond donors (Lipinski definition) is 0. The molecule has 6 nitrogen and oxygen atoms in total. The minimum absolute atomic E-state index is 0.460. The summed E-state index contributed by atoms with van der Waals surface area (Å²) >= 11 is 0. The molecule has 0 amide bonds. The molecule has 0 aliphatic heterocycles. The number of nitrogens with zero attached hydrogens (tertiary/aromatic N) is 5. The lowest BCUT2D eigenvalue weighted by Gasteiger charge is -2.03. The Kier molecular flexibility index (Phi) is 2.51. The average Bonchev–Trinajstić information content (AvgIpc) is 2.76. The van der Waals surface area contributed by atoms with Crippen LogP contribution in [0.15, 0.2) is 12.3 Å². The van der Waals surface area contributed by atoms with Gasteiger partial charge in [0, 0.05) is 27.4 Å². The molecule has 2 rings (SSSR count). The first-order valence-electron chi connectivity index (χ1n) is 4.59. The fourth-order valence-electron chi connectivity index (χ4n) is 1.43. The van der Waals surface area contributed by atoms with E-state index in [1.165, 1.54) is 0 Å². The fourth-order valence-corrected chi connectivity index (χ4v) is 1.43. The molecule has 2 aromatic heterocycles. The number of aryl methyl sites for hydroxylation is 1. The summed E-state index contributed by atoms with van der Waals surface area (Å²) in [5.41, 5.74) is 0.937. The van der Waals surface area contributed by atoms with Crippen LogP contribution in [0.4, 0.5) is 0 Å². The van der Waals surface area contributed by atoms with Crippen LogP contribution in [-0.2, 0) is 25.4 Å². The van der Waals surface area contributed by atoms with Gasteiger partial charge in [0.2, 0.25) is 0 Å². The molecule has 0 aliphatic rings. The molecule has 15 heavy (non-hydrogen) atoms. The van der Waals surface area contributed by atoms with Gasteiger partial charge in [-0.1, -0.05) is 0 Å². The molecule has 0 bridgehead atoms. The Bertz CT molecular complexity index is 459. The predicted octanol–water partition coefficient (Wildman–Crippen LogP) is 0.362. The number of aromatic nitrogens is 5. The highest BCUT2D eigenvalue weighted by atomic mass is 16.5. The summed E-state index contributed by atoms with van der Waals surface area (Å²) in [6, 6.07) is 1.90. The zero-order valence-corrected chi connectivity index (χ0v) is 9.01. The first kappa shape index (κ1) is 9.85. The van der Waals surface area contributed by atoms with Crippen LogP contribution in [0.5, 0.6) is 0 Å². The summed E-state index contributed by atoms with van der Waals surface area (Å²) < 4.78 is 8.69. The van der Waals surface area contributed by atoms with E-state index in [1.54, 1.807) is 18.0 Å². The summed E-state index contributed by atoms with van der Waals surface area (Å²) in [6.45, 7) is 0.460. The molecule has 0 aliphatic carbocycles. The van der Waals surface area contributed by atoms with Gasteiger partial charge in [0.15, 0.2) is 11.6 Å². The van der Waals surface area contributed by atoms with E-state index in [9.17, 15) is 0 Å². The lowest BCUT2D eigenvalue weighted by atomic mass is 10.4. The second-order valence-corrected chi connectivity index (χ2v) is 3.27. The van der Waals surface area contributed by atoms with Crippen molar-refractivity contribution in [2.45, 2.75) is 6.61 Å². The van der Waals surface area contributed by atoms with Crippen molar-refractivity contribution in [2.24, 2.45) is 14.1 Å². The van der Waals surface area contributed by atoms with Gasteiger partial charge in [0.1, 0.15) is 12.3 Å². The second-order valence-electron chi connectivity index (χ2n) is 3.27. The zero-order chi connectivity index (χ0) is 10.8. The Balaban J connectivity index is 2.42. The van der Waals surface area contributed by atoms with Crippen molar-refractivity contribution >= 4 is 0 Å². The lowest BCUT2D eigenvalue weighted by Crippen LogP contribution is -2.03. The molecule has 0 saturated carbocycles. The molecular formula is C9H13N5O. The molecule has 0 atom stereocenters. The third kappa shape index (κ3) is 1.63. The maximum Gasteiger partial charge on any atom is 0.182 e. The molecule has 2 heterocycles. The van der Waals surface area contributed by atoms with E-state index in [0.717, 1.165) is 17.3 Å². The SMILES string of the molecule is COCc1nnc(-c2ccnn2C)n1C. The minimum Gasteiger partial charge on any atom is -0.377 e. The van der Waals surface area contributed by atoms with Crippen molar-refractivity contribution in [3.63, 3.8) is 0 Å². The molecule has 0 fully saturated rings. The van der Waals surface area contributed by atoms with E-state index >= 15 is 0 Å². The van der Waals surface area contributed by atoms with E-state index in [1.807, 2.05) is 24.7 Å². The van der Waals surface area contributed by atoms with Gasteiger partial charge in [-0.15, -0.1) is 10.2 Å². The summed E-state index contributed by atoms with van der Waals surface area (Å²) in [4.78, 5) is 0. The number of methoxy groups -OCH3 is 1. The summed E-state index contributed by atoms with van der Waals surface area (Å²) in [5, 5.41) is 12.3. The van der Waals surface area contributed by atoms with Crippen LogP contribution < -0.4 is 0 Å². The molecular weight excluding hydrogens is 194 g/mol. The van der Waals surface area contributed by atoms with Crippen molar-refractivity contribution in [2.75, 3.05) is 7.11 Å². The van der Waals surface area contributed by atoms with Crippen LogP contribution in [0.25, 0.3) is 11.5 Å². The maximum absolute atomic E-state index is 5.02. The third-order valence-corrected chi connectivity index (χ3v) is 2.29. The summed E-state index contributed by atoms with van der Waals surface area (Å²) in [5.74, 6) is 1.59. The number of ether oxygens (including phenoxy) is 1. The van der Waals surface area contributed by atoms with Crippen molar-refractivity contribution in [1.29, 1.82) is 0 Å². The van der Waals surface area contributed by atoms with Gasteiger partial charge in [-0.25, -0.2) is 0 Å². The van der Waals surface area contributed by atoms with Crippen LogP contribution in [0.1, 0.15) is 5.82 Å². The summed E-state index contributed by atoms with van der Waals surface area (Å²) in [7, 11) is 5.43. The van der Waals surface area contributed by atoms with Crippen molar-refractivity contribution in [3.8, 4) is 11.5 Å². The monoisotopic (exact) mass is 207 g/mol. The minimum atomic E-state index is 0.460. The standard InChI is InChI=1S/C9H13N5O/c1-13-8(6-15-3)11-12-9(13)7-4-5-10-14(7)2/h4-5H,6H2,1-3H3. The first-order chi connectivity index (χ1) is 7.24. The van der Waals surface area contributed by atoms with Crippen LogP contribution in [0.3, 0.4) is 0 Å². The lowest BCUT2D eigenvalue weighted by molar-refractivity contribution is 0.175. The van der Waals surface area contributed by atoms with E-state index in [0.29, 0.717) is 6.61 Å². The van der Waals surface area contributed by atoms with Gasteiger partial charge in [-0.3, -0.25) is 4.68 Å². The highest BCUT2D eigenvalue weighted by Gasteiger charge is 2.12. The fraction of sp³-hybridized carbons (Fsp3) is 0.444. The molecule has 0 spiro atoms. The normalized spacial score (nSPS) is 10.9. The van der Waals surface area contributed by atoms with Crippen LogP contribution in [0.2, 0.25) is 0 Å². The van der Waals surface area contributed by atoms with Crippen molar-refractivity contribution < 1.29 is 4.74 Å². The third-order valence-electron chi connectivity index (χ3n) is 2.29. The quantitative estimate of drug-likeness (QED) is 0.729. The van der Waals surface area contributed by atoms with E-state index in [4.69, 9.17) is 4.74 Å². The highest BCUT2D eigenvalue weighted by Crippen LogP contribution is 2.15. The number of hydrogen-bond acceptors (Lipinski definition) is 4.